The van der Waals surface area contributed by atoms with Crippen molar-refractivity contribution in [3.63, 3.8) is 0 Å². The second-order valence-corrected chi connectivity index (χ2v) is 6.52. The first-order chi connectivity index (χ1) is 9.53. The third kappa shape index (κ3) is 3.36. The van der Waals surface area contributed by atoms with Gasteiger partial charge >= 0.3 is 0 Å². The normalized spacial score (nSPS) is 12.4. The van der Waals surface area contributed by atoms with Crippen LogP contribution in [0.25, 0.3) is 5.57 Å². The molecule has 0 amide bonds. The quantitative estimate of drug-likeness (QED) is 0.843. The van der Waals surface area contributed by atoms with E-state index in [2.05, 4.69) is 0 Å². The van der Waals surface area contributed by atoms with Crippen molar-refractivity contribution in [3.8, 4) is 0 Å². The SMILES string of the molecule is CC/C(=C\S(=O)(=O)c1ccc(C)cc1)c1ccccc1. The summed E-state index contributed by atoms with van der Waals surface area (Å²) in [7, 11) is -3.40. The summed E-state index contributed by atoms with van der Waals surface area (Å²) in [5.74, 6) is 0. The summed E-state index contributed by atoms with van der Waals surface area (Å²) >= 11 is 0. The van der Waals surface area contributed by atoms with Crippen molar-refractivity contribution in [2.45, 2.75) is 25.2 Å². The van der Waals surface area contributed by atoms with E-state index < -0.39 is 9.84 Å². The van der Waals surface area contributed by atoms with E-state index in [4.69, 9.17) is 0 Å². The lowest BCUT2D eigenvalue weighted by Crippen LogP contribution is -1.98. The van der Waals surface area contributed by atoms with Gasteiger partial charge in [-0.2, -0.15) is 0 Å². The van der Waals surface area contributed by atoms with Crippen molar-refractivity contribution in [1.29, 1.82) is 0 Å². The molecule has 3 heteroatoms. The number of aryl methyl sites for hydroxylation is 1. The summed E-state index contributed by atoms with van der Waals surface area (Å²) in [6.45, 7) is 3.90. The Hall–Kier alpha value is -1.87. The fraction of sp³-hybridized carbons (Fsp3) is 0.176. The second kappa shape index (κ2) is 6.06. The Morgan fingerprint density at radius 1 is 1.00 bits per heavy atom. The molecule has 0 aliphatic heterocycles. The third-order valence-corrected chi connectivity index (χ3v) is 4.70. The number of benzene rings is 2. The van der Waals surface area contributed by atoms with Crippen LogP contribution in [0.3, 0.4) is 0 Å². The van der Waals surface area contributed by atoms with Crippen molar-refractivity contribution in [2.75, 3.05) is 0 Å². The zero-order chi connectivity index (χ0) is 14.6. The molecule has 2 aromatic rings. The van der Waals surface area contributed by atoms with E-state index in [9.17, 15) is 8.42 Å². The Bertz CT molecular complexity index is 696. The largest absolute Gasteiger partial charge is 0.219 e. The molecule has 0 fully saturated rings. The first-order valence-corrected chi connectivity index (χ1v) is 8.15. The van der Waals surface area contributed by atoms with Gasteiger partial charge in [-0.15, -0.1) is 0 Å². The predicted octanol–water partition coefficient (Wildman–Crippen LogP) is 4.22. The molecule has 2 aromatic carbocycles. The Morgan fingerprint density at radius 2 is 1.60 bits per heavy atom. The highest BCUT2D eigenvalue weighted by Gasteiger charge is 2.12. The van der Waals surface area contributed by atoms with Crippen LogP contribution in [-0.4, -0.2) is 8.42 Å². The smallest absolute Gasteiger partial charge is 0.200 e. The molecule has 0 saturated carbocycles. The molecule has 20 heavy (non-hydrogen) atoms. The van der Waals surface area contributed by atoms with E-state index in [1.807, 2.05) is 56.3 Å². The summed E-state index contributed by atoms with van der Waals surface area (Å²) in [5, 5.41) is 1.38. The lowest BCUT2D eigenvalue weighted by atomic mass is 10.1. The molecule has 0 bridgehead atoms. The van der Waals surface area contributed by atoms with Crippen LogP contribution >= 0.6 is 0 Å². The highest BCUT2D eigenvalue weighted by Crippen LogP contribution is 2.22. The minimum Gasteiger partial charge on any atom is -0.219 e. The lowest BCUT2D eigenvalue weighted by molar-refractivity contribution is 0.604. The summed E-state index contributed by atoms with van der Waals surface area (Å²) in [4.78, 5) is 0.338. The van der Waals surface area contributed by atoms with Crippen LogP contribution < -0.4 is 0 Å². The van der Waals surface area contributed by atoms with E-state index in [1.165, 1.54) is 5.41 Å². The van der Waals surface area contributed by atoms with E-state index >= 15 is 0 Å². The summed E-state index contributed by atoms with van der Waals surface area (Å²) in [5.41, 5.74) is 2.82. The number of hydrogen-bond acceptors (Lipinski definition) is 2. The molecular formula is C17H18O2S. The van der Waals surface area contributed by atoms with E-state index in [0.29, 0.717) is 11.3 Å². The van der Waals surface area contributed by atoms with Gasteiger partial charge in [0.2, 0.25) is 0 Å². The van der Waals surface area contributed by atoms with Crippen LogP contribution in [0.4, 0.5) is 0 Å². The van der Waals surface area contributed by atoms with Gasteiger partial charge in [0.05, 0.1) is 4.90 Å². The van der Waals surface area contributed by atoms with Gasteiger partial charge in [0.1, 0.15) is 0 Å². The number of allylic oxidation sites excluding steroid dienone is 1. The van der Waals surface area contributed by atoms with E-state index in [0.717, 1.165) is 16.7 Å². The molecule has 0 heterocycles. The Kier molecular flexibility index (Phi) is 4.40. The van der Waals surface area contributed by atoms with Crippen LogP contribution in [-0.2, 0) is 9.84 Å². The lowest BCUT2D eigenvalue weighted by Gasteiger charge is -2.06. The van der Waals surface area contributed by atoms with Crippen LogP contribution in [0.2, 0.25) is 0 Å². The minimum absolute atomic E-state index is 0.338. The fourth-order valence-electron chi connectivity index (χ4n) is 1.99. The maximum absolute atomic E-state index is 12.4. The van der Waals surface area contributed by atoms with Crippen molar-refractivity contribution >= 4 is 15.4 Å². The van der Waals surface area contributed by atoms with Crippen molar-refractivity contribution in [1.82, 2.24) is 0 Å². The van der Waals surface area contributed by atoms with Gasteiger partial charge in [-0.1, -0.05) is 55.0 Å². The van der Waals surface area contributed by atoms with Crippen LogP contribution in [0, 0.1) is 6.92 Å². The van der Waals surface area contributed by atoms with Gasteiger partial charge < -0.3 is 0 Å². The molecule has 0 spiro atoms. The molecule has 0 aromatic heterocycles. The van der Waals surface area contributed by atoms with Gasteiger partial charge in [0.25, 0.3) is 0 Å². The molecule has 0 aliphatic rings. The molecule has 0 atom stereocenters. The summed E-state index contributed by atoms with van der Waals surface area (Å²) < 4.78 is 24.8. The van der Waals surface area contributed by atoms with Crippen LogP contribution in [0.5, 0.6) is 0 Å². The third-order valence-electron chi connectivity index (χ3n) is 3.17. The van der Waals surface area contributed by atoms with Crippen molar-refractivity contribution in [2.24, 2.45) is 0 Å². The van der Waals surface area contributed by atoms with Gasteiger partial charge in [-0.05, 0) is 36.6 Å². The standard InChI is InChI=1S/C17H18O2S/c1-3-15(16-7-5-4-6-8-16)13-20(18,19)17-11-9-14(2)10-12-17/h4-13H,3H2,1-2H3/b15-13+. The van der Waals surface area contributed by atoms with Crippen LogP contribution in [0.15, 0.2) is 64.9 Å². The number of hydrogen-bond donors (Lipinski definition) is 0. The highest BCUT2D eigenvalue weighted by molar-refractivity contribution is 7.94. The zero-order valence-corrected chi connectivity index (χ0v) is 12.5. The van der Waals surface area contributed by atoms with Gasteiger partial charge in [-0.25, -0.2) is 8.42 Å². The molecule has 2 nitrogen and oxygen atoms in total. The molecule has 104 valence electrons. The highest BCUT2D eigenvalue weighted by atomic mass is 32.2. The fourth-order valence-corrected chi connectivity index (χ4v) is 3.32. The monoisotopic (exact) mass is 286 g/mol. The maximum atomic E-state index is 12.4. The first kappa shape index (κ1) is 14.5. The molecule has 0 radical (unpaired) electrons. The second-order valence-electron chi connectivity index (χ2n) is 4.72. The van der Waals surface area contributed by atoms with E-state index in [-0.39, 0.29) is 0 Å². The number of sulfone groups is 1. The molecule has 0 aliphatic carbocycles. The summed E-state index contributed by atoms with van der Waals surface area (Å²) in [6, 6.07) is 16.5. The Labute approximate surface area is 120 Å². The average molecular weight is 286 g/mol. The van der Waals surface area contributed by atoms with E-state index in [1.54, 1.807) is 12.1 Å². The molecular weight excluding hydrogens is 268 g/mol. The molecule has 2 rings (SSSR count). The number of rotatable bonds is 4. The predicted molar refractivity (Wildman–Crippen MR) is 83.1 cm³/mol. The summed E-state index contributed by atoms with van der Waals surface area (Å²) in [6.07, 6.45) is 0.676. The molecule has 0 saturated heterocycles. The van der Waals surface area contributed by atoms with Crippen molar-refractivity contribution < 1.29 is 8.42 Å². The van der Waals surface area contributed by atoms with Gasteiger partial charge in [0.15, 0.2) is 9.84 Å². The van der Waals surface area contributed by atoms with Crippen LogP contribution in [0.1, 0.15) is 24.5 Å². The first-order valence-electron chi connectivity index (χ1n) is 6.60. The zero-order valence-electron chi connectivity index (χ0n) is 11.7. The molecule has 0 N–H and O–H groups in total. The van der Waals surface area contributed by atoms with Gasteiger partial charge in [0, 0.05) is 5.41 Å². The minimum atomic E-state index is -3.40. The topological polar surface area (TPSA) is 34.1 Å². The maximum Gasteiger partial charge on any atom is 0.200 e. The molecule has 0 unspecified atom stereocenters. The Morgan fingerprint density at radius 3 is 2.15 bits per heavy atom. The van der Waals surface area contributed by atoms with Gasteiger partial charge in [-0.3, -0.25) is 0 Å². The average Bonchev–Trinajstić information content (AvgIpc) is 2.46. The van der Waals surface area contributed by atoms with Crippen molar-refractivity contribution in [3.05, 3.63) is 71.1 Å². The Balaban J connectivity index is 2.43.